The first-order chi connectivity index (χ1) is 9.22. The highest BCUT2D eigenvalue weighted by molar-refractivity contribution is 9.10. The van der Waals surface area contributed by atoms with Crippen LogP contribution in [0, 0.1) is 6.92 Å². The molecule has 1 aromatic heterocycles. The molecule has 0 aliphatic carbocycles. The lowest BCUT2D eigenvalue weighted by Gasteiger charge is -2.27. The summed E-state index contributed by atoms with van der Waals surface area (Å²) in [5, 5.41) is 3.43. The van der Waals surface area contributed by atoms with E-state index in [1.165, 1.54) is 0 Å². The quantitative estimate of drug-likeness (QED) is 0.920. The van der Waals surface area contributed by atoms with Crippen LogP contribution in [0.2, 0.25) is 0 Å². The van der Waals surface area contributed by atoms with Gasteiger partial charge in [0.1, 0.15) is 11.6 Å². The molecule has 1 atom stereocenters. The van der Waals surface area contributed by atoms with Crippen LogP contribution in [-0.2, 0) is 0 Å². The molecule has 98 valence electrons. The number of ether oxygens (including phenoxy) is 1. The van der Waals surface area contributed by atoms with Gasteiger partial charge in [0, 0.05) is 22.7 Å². The van der Waals surface area contributed by atoms with Crippen molar-refractivity contribution < 1.29 is 4.74 Å². The van der Waals surface area contributed by atoms with Gasteiger partial charge in [0.25, 0.3) is 0 Å². The van der Waals surface area contributed by atoms with E-state index >= 15 is 0 Å². The normalized spacial score (nSPS) is 17.5. The van der Waals surface area contributed by atoms with E-state index in [1.807, 2.05) is 19.1 Å². The number of nitrogens with one attached hydrogen (secondary N) is 1. The summed E-state index contributed by atoms with van der Waals surface area (Å²) in [5.41, 5.74) is 2.07. The highest BCUT2D eigenvalue weighted by Gasteiger charge is 2.22. The van der Waals surface area contributed by atoms with Crippen molar-refractivity contribution in [1.82, 2.24) is 9.97 Å². The third-order valence-electron chi connectivity index (χ3n) is 3.09. The molecule has 0 saturated heterocycles. The Hall–Kier alpha value is -1.62. The molecule has 3 rings (SSSR count). The predicted octanol–water partition coefficient (Wildman–Crippen LogP) is 3.48. The Morgan fingerprint density at radius 3 is 3.11 bits per heavy atom. The van der Waals surface area contributed by atoms with Gasteiger partial charge in [-0.2, -0.15) is 0 Å². The number of halogens is 1. The standard InChI is InChI=1S/C14H14BrN3O/c1-9-7-16-8-14(17-9)18-12-4-5-19-13-3-2-10(15)6-11(12)13/h2-3,6-8,12H,4-5H2,1H3,(H,17,18). The average molecular weight is 320 g/mol. The first kappa shape index (κ1) is 12.4. The Labute approximate surface area is 120 Å². The zero-order valence-corrected chi connectivity index (χ0v) is 12.1. The fraction of sp³-hybridized carbons (Fsp3) is 0.286. The van der Waals surface area contributed by atoms with E-state index in [1.54, 1.807) is 12.4 Å². The zero-order valence-electron chi connectivity index (χ0n) is 10.6. The SMILES string of the molecule is Cc1cncc(NC2CCOc3ccc(Br)cc32)n1. The number of aromatic nitrogens is 2. The number of aryl methyl sites for hydroxylation is 1. The monoisotopic (exact) mass is 319 g/mol. The minimum Gasteiger partial charge on any atom is -0.493 e. The average Bonchev–Trinajstić information content (AvgIpc) is 2.39. The van der Waals surface area contributed by atoms with Gasteiger partial charge in [-0.3, -0.25) is 4.98 Å². The molecule has 1 aliphatic heterocycles. The summed E-state index contributed by atoms with van der Waals surface area (Å²) in [4.78, 5) is 8.59. The fourth-order valence-electron chi connectivity index (χ4n) is 2.23. The third-order valence-corrected chi connectivity index (χ3v) is 3.58. The molecule has 1 aromatic carbocycles. The predicted molar refractivity (Wildman–Crippen MR) is 77.4 cm³/mol. The van der Waals surface area contributed by atoms with Gasteiger partial charge in [-0.25, -0.2) is 4.98 Å². The summed E-state index contributed by atoms with van der Waals surface area (Å²) in [5.74, 6) is 1.74. The molecule has 19 heavy (non-hydrogen) atoms. The summed E-state index contributed by atoms with van der Waals surface area (Å²) in [7, 11) is 0. The van der Waals surface area contributed by atoms with Crippen molar-refractivity contribution in [3.63, 3.8) is 0 Å². The molecule has 0 saturated carbocycles. The summed E-state index contributed by atoms with van der Waals surface area (Å²) < 4.78 is 6.73. The molecule has 1 aliphatic rings. The van der Waals surface area contributed by atoms with Crippen molar-refractivity contribution in [1.29, 1.82) is 0 Å². The lowest BCUT2D eigenvalue weighted by molar-refractivity contribution is 0.274. The van der Waals surface area contributed by atoms with Gasteiger partial charge in [-0.1, -0.05) is 15.9 Å². The Kier molecular flexibility index (Phi) is 3.38. The number of fused-ring (bicyclic) bond motifs is 1. The fourth-order valence-corrected chi connectivity index (χ4v) is 2.61. The lowest BCUT2D eigenvalue weighted by Crippen LogP contribution is -2.21. The lowest BCUT2D eigenvalue weighted by atomic mass is 10.0. The molecule has 0 spiro atoms. The van der Waals surface area contributed by atoms with Gasteiger partial charge in [-0.15, -0.1) is 0 Å². The van der Waals surface area contributed by atoms with Gasteiger partial charge >= 0.3 is 0 Å². The van der Waals surface area contributed by atoms with Crippen LogP contribution >= 0.6 is 15.9 Å². The first-order valence-electron chi connectivity index (χ1n) is 6.20. The van der Waals surface area contributed by atoms with E-state index in [9.17, 15) is 0 Å². The Balaban J connectivity index is 1.89. The van der Waals surface area contributed by atoms with Gasteiger partial charge in [-0.05, 0) is 25.1 Å². The van der Waals surface area contributed by atoms with Crippen LogP contribution in [0.15, 0.2) is 35.1 Å². The molecule has 1 N–H and O–H groups in total. The number of rotatable bonds is 2. The van der Waals surface area contributed by atoms with Crippen LogP contribution in [0.3, 0.4) is 0 Å². The van der Waals surface area contributed by atoms with Gasteiger partial charge < -0.3 is 10.1 Å². The minimum absolute atomic E-state index is 0.206. The van der Waals surface area contributed by atoms with Crippen LogP contribution in [0.4, 0.5) is 5.82 Å². The van der Waals surface area contributed by atoms with Crippen LogP contribution in [0.5, 0.6) is 5.75 Å². The number of nitrogens with zero attached hydrogens (tertiary/aromatic N) is 2. The van der Waals surface area contributed by atoms with Crippen molar-refractivity contribution in [2.24, 2.45) is 0 Å². The summed E-state index contributed by atoms with van der Waals surface area (Å²) >= 11 is 3.50. The molecule has 2 heterocycles. The molecule has 2 aromatic rings. The van der Waals surface area contributed by atoms with Crippen LogP contribution in [0.1, 0.15) is 23.7 Å². The number of benzene rings is 1. The Morgan fingerprint density at radius 1 is 1.37 bits per heavy atom. The van der Waals surface area contributed by atoms with Crippen LogP contribution in [0.25, 0.3) is 0 Å². The zero-order chi connectivity index (χ0) is 13.2. The number of anilines is 1. The van der Waals surface area contributed by atoms with Crippen molar-refractivity contribution >= 4 is 21.7 Å². The molecule has 0 fully saturated rings. The molecule has 1 unspecified atom stereocenters. The smallest absolute Gasteiger partial charge is 0.145 e. The van der Waals surface area contributed by atoms with Crippen molar-refractivity contribution in [2.45, 2.75) is 19.4 Å². The highest BCUT2D eigenvalue weighted by atomic mass is 79.9. The van der Waals surface area contributed by atoms with E-state index < -0.39 is 0 Å². The van der Waals surface area contributed by atoms with Crippen molar-refractivity contribution in [2.75, 3.05) is 11.9 Å². The molecular formula is C14H14BrN3O. The maximum atomic E-state index is 5.67. The topological polar surface area (TPSA) is 47.0 Å². The minimum atomic E-state index is 0.206. The summed E-state index contributed by atoms with van der Waals surface area (Å²) in [6.45, 7) is 2.65. The molecule has 0 bridgehead atoms. The molecule has 0 radical (unpaired) electrons. The van der Waals surface area contributed by atoms with Crippen LogP contribution < -0.4 is 10.1 Å². The summed E-state index contributed by atoms with van der Waals surface area (Å²) in [6.07, 6.45) is 4.42. The van der Waals surface area contributed by atoms with E-state index in [0.29, 0.717) is 6.61 Å². The van der Waals surface area contributed by atoms with Gasteiger partial charge in [0.15, 0.2) is 0 Å². The molecule has 5 heteroatoms. The Bertz CT molecular complexity index is 603. The van der Waals surface area contributed by atoms with Gasteiger partial charge in [0.2, 0.25) is 0 Å². The molecule has 4 nitrogen and oxygen atoms in total. The second-order valence-electron chi connectivity index (χ2n) is 4.56. The van der Waals surface area contributed by atoms with Crippen molar-refractivity contribution in [3.8, 4) is 5.75 Å². The first-order valence-corrected chi connectivity index (χ1v) is 6.99. The maximum absolute atomic E-state index is 5.67. The Morgan fingerprint density at radius 2 is 2.26 bits per heavy atom. The molecular weight excluding hydrogens is 306 g/mol. The highest BCUT2D eigenvalue weighted by Crippen LogP contribution is 2.35. The van der Waals surface area contributed by atoms with E-state index in [-0.39, 0.29) is 6.04 Å². The summed E-state index contributed by atoms with van der Waals surface area (Å²) in [6, 6.07) is 6.29. The molecule has 0 amide bonds. The van der Waals surface area contributed by atoms with Gasteiger partial charge in [0.05, 0.1) is 24.5 Å². The second-order valence-corrected chi connectivity index (χ2v) is 5.48. The maximum Gasteiger partial charge on any atom is 0.145 e. The van der Waals surface area contributed by atoms with E-state index in [4.69, 9.17) is 4.74 Å². The van der Waals surface area contributed by atoms with E-state index in [2.05, 4.69) is 37.3 Å². The largest absolute Gasteiger partial charge is 0.493 e. The second kappa shape index (κ2) is 5.17. The van der Waals surface area contributed by atoms with E-state index in [0.717, 1.165) is 33.7 Å². The number of hydrogen-bond donors (Lipinski definition) is 1. The van der Waals surface area contributed by atoms with Crippen LogP contribution in [-0.4, -0.2) is 16.6 Å². The van der Waals surface area contributed by atoms with Crippen molar-refractivity contribution in [3.05, 3.63) is 46.3 Å². The number of hydrogen-bond acceptors (Lipinski definition) is 4. The third kappa shape index (κ3) is 2.71.